The summed E-state index contributed by atoms with van der Waals surface area (Å²) < 4.78 is 2.18. The van der Waals surface area contributed by atoms with Gasteiger partial charge in [0.15, 0.2) is 0 Å². The largest absolute Gasteiger partial charge is 0.331 e. The van der Waals surface area contributed by atoms with Gasteiger partial charge in [0, 0.05) is 19.0 Å². The number of nitrogens with zero attached hydrogens (tertiary/aromatic N) is 2. The highest BCUT2D eigenvalue weighted by atomic mass is 15.1. The maximum atomic E-state index is 4.77. The van der Waals surface area contributed by atoms with Crippen molar-refractivity contribution in [3.05, 3.63) is 54.4 Å². The van der Waals surface area contributed by atoms with E-state index in [-0.39, 0.29) is 0 Å². The standard InChI is InChI=1S/C16H16N2/c1-3-15-17-16-13(12-8-5-4-6-9-12)10-7-11-14(16)18(15)2/h4-11H,3H2,1-2H3. The molecule has 0 fully saturated rings. The van der Waals surface area contributed by atoms with E-state index in [1.807, 2.05) is 6.07 Å². The van der Waals surface area contributed by atoms with Gasteiger partial charge >= 0.3 is 0 Å². The summed E-state index contributed by atoms with van der Waals surface area (Å²) in [5.74, 6) is 1.13. The Morgan fingerprint density at radius 3 is 2.50 bits per heavy atom. The van der Waals surface area contributed by atoms with Crippen LogP contribution >= 0.6 is 0 Å². The Labute approximate surface area is 107 Å². The number of hydrogen-bond donors (Lipinski definition) is 0. The minimum absolute atomic E-state index is 0.958. The lowest BCUT2D eigenvalue weighted by Gasteiger charge is -2.02. The molecule has 0 spiro atoms. The molecular formula is C16H16N2. The monoisotopic (exact) mass is 236 g/mol. The minimum atomic E-state index is 0.958. The van der Waals surface area contributed by atoms with Crippen LogP contribution in [0.3, 0.4) is 0 Å². The molecule has 0 radical (unpaired) electrons. The zero-order valence-electron chi connectivity index (χ0n) is 10.7. The lowest BCUT2D eigenvalue weighted by Crippen LogP contribution is -1.94. The quantitative estimate of drug-likeness (QED) is 0.661. The summed E-state index contributed by atoms with van der Waals surface area (Å²) in [7, 11) is 2.09. The van der Waals surface area contributed by atoms with Gasteiger partial charge in [-0.15, -0.1) is 0 Å². The molecule has 0 bridgehead atoms. The number of rotatable bonds is 2. The van der Waals surface area contributed by atoms with Crippen LogP contribution in [0.15, 0.2) is 48.5 Å². The van der Waals surface area contributed by atoms with E-state index in [4.69, 9.17) is 4.98 Å². The molecule has 0 atom stereocenters. The van der Waals surface area contributed by atoms with Gasteiger partial charge in [0.2, 0.25) is 0 Å². The highest BCUT2D eigenvalue weighted by molar-refractivity contribution is 5.92. The van der Waals surface area contributed by atoms with Crippen LogP contribution in [-0.4, -0.2) is 9.55 Å². The first-order valence-corrected chi connectivity index (χ1v) is 6.31. The summed E-state index contributed by atoms with van der Waals surface area (Å²) in [6, 6.07) is 16.8. The zero-order valence-corrected chi connectivity index (χ0v) is 10.7. The van der Waals surface area contributed by atoms with Crippen molar-refractivity contribution in [3.8, 4) is 11.1 Å². The second-order valence-corrected chi connectivity index (χ2v) is 4.48. The van der Waals surface area contributed by atoms with Gasteiger partial charge in [-0.05, 0) is 11.6 Å². The van der Waals surface area contributed by atoms with Crippen LogP contribution in [0.25, 0.3) is 22.2 Å². The van der Waals surface area contributed by atoms with Crippen molar-refractivity contribution in [2.45, 2.75) is 13.3 Å². The molecule has 0 saturated heterocycles. The van der Waals surface area contributed by atoms with Gasteiger partial charge in [0.05, 0.1) is 11.0 Å². The van der Waals surface area contributed by atoms with E-state index in [1.165, 1.54) is 16.6 Å². The summed E-state index contributed by atoms with van der Waals surface area (Å²) in [5, 5.41) is 0. The second-order valence-electron chi connectivity index (χ2n) is 4.48. The molecule has 90 valence electrons. The molecule has 2 nitrogen and oxygen atoms in total. The van der Waals surface area contributed by atoms with Crippen molar-refractivity contribution in [2.24, 2.45) is 7.05 Å². The molecule has 0 saturated carbocycles. The van der Waals surface area contributed by atoms with Crippen LogP contribution in [0, 0.1) is 0 Å². The molecule has 1 aromatic heterocycles. The van der Waals surface area contributed by atoms with Crippen LogP contribution in [0.5, 0.6) is 0 Å². The van der Waals surface area contributed by atoms with Crippen molar-refractivity contribution in [1.29, 1.82) is 0 Å². The highest BCUT2D eigenvalue weighted by Crippen LogP contribution is 2.28. The summed E-state index contributed by atoms with van der Waals surface area (Å²) in [4.78, 5) is 4.77. The van der Waals surface area contributed by atoms with Gasteiger partial charge < -0.3 is 4.57 Å². The fraction of sp³-hybridized carbons (Fsp3) is 0.188. The van der Waals surface area contributed by atoms with Crippen molar-refractivity contribution >= 4 is 11.0 Å². The fourth-order valence-corrected chi connectivity index (χ4v) is 2.43. The van der Waals surface area contributed by atoms with Crippen molar-refractivity contribution in [3.63, 3.8) is 0 Å². The normalized spacial score (nSPS) is 11.0. The van der Waals surface area contributed by atoms with Crippen molar-refractivity contribution in [2.75, 3.05) is 0 Å². The molecule has 18 heavy (non-hydrogen) atoms. The summed E-state index contributed by atoms with van der Waals surface area (Å²) in [5.41, 5.74) is 4.74. The Hall–Kier alpha value is -2.09. The number of aryl methyl sites for hydroxylation is 2. The lowest BCUT2D eigenvalue weighted by molar-refractivity contribution is 0.829. The van der Waals surface area contributed by atoms with Crippen LogP contribution in [0.4, 0.5) is 0 Å². The molecule has 0 N–H and O–H groups in total. The summed E-state index contributed by atoms with van der Waals surface area (Å²) in [6.45, 7) is 2.14. The highest BCUT2D eigenvalue weighted by Gasteiger charge is 2.10. The van der Waals surface area contributed by atoms with Crippen LogP contribution in [0.1, 0.15) is 12.7 Å². The second kappa shape index (κ2) is 4.30. The summed E-state index contributed by atoms with van der Waals surface area (Å²) in [6.07, 6.45) is 0.958. The molecule has 0 unspecified atom stereocenters. The maximum Gasteiger partial charge on any atom is 0.109 e. The third-order valence-electron chi connectivity index (χ3n) is 3.41. The number of benzene rings is 2. The van der Waals surface area contributed by atoms with E-state index >= 15 is 0 Å². The predicted molar refractivity (Wildman–Crippen MR) is 75.5 cm³/mol. The zero-order chi connectivity index (χ0) is 12.5. The molecule has 2 heteroatoms. The number of aromatic nitrogens is 2. The number of hydrogen-bond acceptors (Lipinski definition) is 1. The molecule has 0 amide bonds. The number of fused-ring (bicyclic) bond motifs is 1. The Morgan fingerprint density at radius 2 is 1.78 bits per heavy atom. The van der Waals surface area contributed by atoms with E-state index in [9.17, 15) is 0 Å². The minimum Gasteiger partial charge on any atom is -0.331 e. The molecule has 2 aromatic carbocycles. The van der Waals surface area contributed by atoms with E-state index in [0.717, 1.165) is 17.8 Å². The van der Waals surface area contributed by atoms with Crippen molar-refractivity contribution in [1.82, 2.24) is 9.55 Å². The summed E-state index contributed by atoms with van der Waals surface area (Å²) >= 11 is 0. The van der Waals surface area contributed by atoms with E-state index in [1.54, 1.807) is 0 Å². The average molecular weight is 236 g/mol. The first-order valence-electron chi connectivity index (χ1n) is 6.31. The Bertz CT molecular complexity index is 681. The molecule has 0 aliphatic rings. The van der Waals surface area contributed by atoms with Gasteiger partial charge in [0.1, 0.15) is 5.82 Å². The SMILES string of the molecule is CCc1nc2c(-c3ccccc3)cccc2n1C. The Kier molecular flexibility index (Phi) is 2.63. The topological polar surface area (TPSA) is 17.8 Å². The first kappa shape index (κ1) is 11.0. The smallest absolute Gasteiger partial charge is 0.109 e. The molecular weight excluding hydrogens is 220 g/mol. The van der Waals surface area contributed by atoms with E-state index in [2.05, 4.69) is 61.0 Å². The molecule has 1 heterocycles. The maximum absolute atomic E-state index is 4.77. The predicted octanol–water partition coefficient (Wildman–Crippen LogP) is 3.80. The lowest BCUT2D eigenvalue weighted by atomic mass is 10.0. The van der Waals surface area contributed by atoms with Crippen LogP contribution in [0.2, 0.25) is 0 Å². The van der Waals surface area contributed by atoms with Crippen LogP contribution in [-0.2, 0) is 13.5 Å². The van der Waals surface area contributed by atoms with Gasteiger partial charge in [-0.3, -0.25) is 0 Å². The van der Waals surface area contributed by atoms with Gasteiger partial charge in [-0.1, -0.05) is 49.4 Å². The van der Waals surface area contributed by atoms with Gasteiger partial charge in [0.25, 0.3) is 0 Å². The van der Waals surface area contributed by atoms with Crippen molar-refractivity contribution < 1.29 is 0 Å². The third kappa shape index (κ3) is 1.61. The Morgan fingerprint density at radius 1 is 1.00 bits per heavy atom. The molecule has 0 aliphatic heterocycles. The van der Waals surface area contributed by atoms with E-state index < -0.39 is 0 Å². The molecule has 0 aliphatic carbocycles. The van der Waals surface area contributed by atoms with E-state index in [0.29, 0.717) is 0 Å². The van der Waals surface area contributed by atoms with Gasteiger partial charge in [-0.25, -0.2) is 4.98 Å². The number of para-hydroxylation sites is 1. The molecule has 3 aromatic rings. The fourth-order valence-electron chi connectivity index (χ4n) is 2.43. The molecule has 3 rings (SSSR count). The third-order valence-corrected chi connectivity index (χ3v) is 3.41. The van der Waals surface area contributed by atoms with Gasteiger partial charge in [-0.2, -0.15) is 0 Å². The first-order chi connectivity index (χ1) is 8.81. The van der Waals surface area contributed by atoms with Crippen LogP contribution < -0.4 is 0 Å². The Balaban J connectivity index is 2.31. The average Bonchev–Trinajstić information content (AvgIpc) is 2.77. The number of imidazole rings is 1.